The minimum Gasteiger partial charge on any atom is -0.338 e. The summed E-state index contributed by atoms with van der Waals surface area (Å²) in [5, 5.41) is 4.10. The zero-order valence-electron chi connectivity index (χ0n) is 11.7. The second-order valence-electron chi connectivity index (χ2n) is 5.04. The summed E-state index contributed by atoms with van der Waals surface area (Å²) in [6.45, 7) is 1.59. The molecule has 0 saturated carbocycles. The number of halogens is 2. The van der Waals surface area contributed by atoms with E-state index < -0.39 is 0 Å². The third-order valence-electron chi connectivity index (χ3n) is 3.46. The monoisotopic (exact) mass is 336 g/mol. The zero-order valence-corrected chi connectivity index (χ0v) is 13.2. The van der Waals surface area contributed by atoms with Gasteiger partial charge in [0.25, 0.3) is 5.91 Å². The van der Waals surface area contributed by atoms with Crippen LogP contribution < -0.4 is 5.32 Å². The number of nitrogens with zero attached hydrogens (tertiary/aromatic N) is 3. The summed E-state index contributed by atoms with van der Waals surface area (Å²) < 4.78 is 0. The largest absolute Gasteiger partial charge is 0.338 e. The number of benzene rings is 1. The molecule has 0 aliphatic carbocycles. The van der Waals surface area contributed by atoms with Gasteiger partial charge in [0.2, 0.25) is 0 Å². The Hall–Kier alpha value is -1.85. The molecule has 1 fully saturated rings. The van der Waals surface area contributed by atoms with Gasteiger partial charge >= 0.3 is 0 Å². The second kappa shape index (κ2) is 6.50. The molecule has 0 radical (unpaired) electrons. The van der Waals surface area contributed by atoms with E-state index in [4.69, 9.17) is 23.2 Å². The number of hydrogen-bond donors (Lipinski definition) is 1. The second-order valence-corrected chi connectivity index (χ2v) is 5.88. The minimum absolute atomic E-state index is 0.0684. The van der Waals surface area contributed by atoms with Gasteiger partial charge in [-0.05, 0) is 31.0 Å². The number of rotatable bonds is 3. The number of anilines is 2. The van der Waals surface area contributed by atoms with E-state index in [0.717, 1.165) is 25.9 Å². The van der Waals surface area contributed by atoms with Crippen molar-refractivity contribution in [3.63, 3.8) is 0 Å². The first-order chi connectivity index (χ1) is 10.6. The fourth-order valence-electron chi connectivity index (χ4n) is 2.31. The number of aromatic nitrogens is 2. The quantitative estimate of drug-likeness (QED) is 0.926. The molecule has 1 aliphatic heterocycles. The van der Waals surface area contributed by atoms with E-state index in [-0.39, 0.29) is 5.91 Å². The Morgan fingerprint density at radius 2 is 1.91 bits per heavy atom. The molecule has 2 aromatic rings. The van der Waals surface area contributed by atoms with E-state index in [1.54, 1.807) is 23.1 Å². The van der Waals surface area contributed by atoms with Crippen molar-refractivity contribution in [3.8, 4) is 0 Å². The third kappa shape index (κ3) is 3.31. The van der Waals surface area contributed by atoms with Gasteiger partial charge in [0.15, 0.2) is 0 Å². The molecule has 114 valence electrons. The maximum atomic E-state index is 12.2. The van der Waals surface area contributed by atoms with E-state index in [1.165, 1.54) is 12.4 Å². The molecule has 5 nitrogen and oxygen atoms in total. The Kier molecular flexibility index (Phi) is 4.45. The lowest BCUT2D eigenvalue weighted by atomic mass is 10.3. The summed E-state index contributed by atoms with van der Waals surface area (Å²) in [6, 6.07) is 5.13. The number of amides is 1. The minimum atomic E-state index is -0.0684. The van der Waals surface area contributed by atoms with E-state index in [2.05, 4.69) is 15.3 Å². The van der Waals surface area contributed by atoms with Crippen molar-refractivity contribution in [1.29, 1.82) is 0 Å². The molecule has 1 aromatic carbocycles. The Balaban J connectivity index is 1.72. The van der Waals surface area contributed by atoms with Crippen LogP contribution in [0, 0.1) is 0 Å². The highest BCUT2D eigenvalue weighted by Gasteiger charge is 2.20. The summed E-state index contributed by atoms with van der Waals surface area (Å²) >= 11 is 11.9. The lowest BCUT2D eigenvalue weighted by Crippen LogP contribution is -2.28. The first-order valence-electron chi connectivity index (χ1n) is 6.97. The fraction of sp³-hybridized carbons (Fsp3) is 0.267. The Morgan fingerprint density at radius 1 is 1.14 bits per heavy atom. The highest BCUT2D eigenvalue weighted by atomic mass is 35.5. The normalized spacial score (nSPS) is 14.2. The standard InChI is InChI=1S/C15H14Cl2N4O/c16-10-3-4-12(11(17)7-10)20-14-9-18-13(8-19-14)15(22)21-5-1-2-6-21/h3-4,7-9H,1-2,5-6H2,(H,19,20). The predicted molar refractivity (Wildman–Crippen MR) is 86.9 cm³/mol. The summed E-state index contributed by atoms with van der Waals surface area (Å²) in [4.78, 5) is 22.4. The molecule has 22 heavy (non-hydrogen) atoms. The molecule has 0 unspecified atom stereocenters. The van der Waals surface area contributed by atoms with Gasteiger partial charge in [-0.2, -0.15) is 0 Å². The van der Waals surface area contributed by atoms with Crippen molar-refractivity contribution in [2.75, 3.05) is 18.4 Å². The van der Waals surface area contributed by atoms with E-state index in [1.807, 2.05) is 0 Å². The van der Waals surface area contributed by atoms with Crippen molar-refractivity contribution in [2.24, 2.45) is 0 Å². The van der Waals surface area contributed by atoms with Crippen LogP contribution in [-0.4, -0.2) is 33.9 Å². The van der Waals surface area contributed by atoms with Crippen LogP contribution in [0.2, 0.25) is 10.0 Å². The van der Waals surface area contributed by atoms with Crippen molar-refractivity contribution < 1.29 is 4.79 Å². The van der Waals surface area contributed by atoms with Crippen molar-refractivity contribution in [3.05, 3.63) is 46.3 Å². The van der Waals surface area contributed by atoms with Gasteiger partial charge in [-0.15, -0.1) is 0 Å². The van der Waals surface area contributed by atoms with Crippen LogP contribution in [0.1, 0.15) is 23.3 Å². The Bertz CT molecular complexity index is 684. The van der Waals surface area contributed by atoms with Gasteiger partial charge in [0.1, 0.15) is 11.5 Å². The van der Waals surface area contributed by atoms with E-state index in [9.17, 15) is 4.79 Å². The van der Waals surface area contributed by atoms with Crippen molar-refractivity contribution in [1.82, 2.24) is 14.9 Å². The molecule has 0 atom stereocenters. The number of likely N-dealkylation sites (tertiary alicyclic amines) is 1. The number of carbonyl (C=O) groups is 1. The predicted octanol–water partition coefficient (Wildman–Crippen LogP) is 3.76. The molecule has 1 aliphatic rings. The molecule has 3 rings (SSSR count). The average molecular weight is 337 g/mol. The molecule has 1 amide bonds. The SMILES string of the molecule is O=C(c1cnc(Nc2ccc(Cl)cc2Cl)cn1)N1CCCC1. The van der Waals surface area contributed by atoms with Crippen LogP contribution >= 0.6 is 23.2 Å². The molecule has 7 heteroatoms. The molecule has 0 spiro atoms. The fourth-order valence-corrected chi connectivity index (χ4v) is 2.77. The Morgan fingerprint density at radius 3 is 2.55 bits per heavy atom. The van der Waals surface area contributed by atoms with Crippen molar-refractivity contribution >= 4 is 40.6 Å². The maximum absolute atomic E-state index is 12.2. The smallest absolute Gasteiger partial charge is 0.274 e. The van der Waals surface area contributed by atoms with Crippen LogP contribution in [-0.2, 0) is 0 Å². The molecule has 2 heterocycles. The molecule has 1 saturated heterocycles. The summed E-state index contributed by atoms with van der Waals surface area (Å²) in [6.07, 6.45) is 5.10. The molecule has 1 N–H and O–H groups in total. The lowest BCUT2D eigenvalue weighted by molar-refractivity contribution is 0.0786. The van der Waals surface area contributed by atoms with Gasteiger partial charge in [-0.25, -0.2) is 9.97 Å². The summed E-state index contributed by atoms with van der Waals surface area (Å²) in [5.41, 5.74) is 1.04. The van der Waals surface area contributed by atoms with Gasteiger partial charge in [-0.3, -0.25) is 4.79 Å². The first kappa shape index (κ1) is 15.1. The molecule has 0 bridgehead atoms. The number of nitrogens with one attached hydrogen (secondary N) is 1. The van der Waals surface area contributed by atoms with Gasteiger partial charge in [0.05, 0.1) is 23.1 Å². The van der Waals surface area contributed by atoms with Crippen LogP contribution in [0.5, 0.6) is 0 Å². The number of hydrogen-bond acceptors (Lipinski definition) is 4. The third-order valence-corrected chi connectivity index (χ3v) is 4.01. The van der Waals surface area contributed by atoms with Crippen LogP contribution in [0.25, 0.3) is 0 Å². The van der Waals surface area contributed by atoms with Gasteiger partial charge in [0, 0.05) is 18.1 Å². The first-order valence-corrected chi connectivity index (χ1v) is 7.72. The van der Waals surface area contributed by atoms with Crippen LogP contribution in [0.15, 0.2) is 30.6 Å². The van der Waals surface area contributed by atoms with E-state index >= 15 is 0 Å². The molecular formula is C15H14Cl2N4O. The zero-order chi connectivity index (χ0) is 15.5. The lowest BCUT2D eigenvalue weighted by Gasteiger charge is -2.14. The summed E-state index contributed by atoms with van der Waals surface area (Å²) in [7, 11) is 0. The molecule has 1 aromatic heterocycles. The number of carbonyl (C=O) groups excluding carboxylic acids is 1. The topological polar surface area (TPSA) is 58.1 Å². The van der Waals surface area contributed by atoms with Gasteiger partial charge in [-0.1, -0.05) is 23.2 Å². The average Bonchev–Trinajstić information content (AvgIpc) is 3.04. The molecular weight excluding hydrogens is 323 g/mol. The van der Waals surface area contributed by atoms with E-state index in [0.29, 0.717) is 27.2 Å². The van der Waals surface area contributed by atoms with Crippen LogP contribution in [0.3, 0.4) is 0 Å². The van der Waals surface area contributed by atoms with Crippen molar-refractivity contribution in [2.45, 2.75) is 12.8 Å². The van der Waals surface area contributed by atoms with Gasteiger partial charge < -0.3 is 10.2 Å². The summed E-state index contributed by atoms with van der Waals surface area (Å²) in [5.74, 6) is 0.447. The van der Waals surface area contributed by atoms with Crippen LogP contribution in [0.4, 0.5) is 11.5 Å². The maximum Gasteiger partial charge on any atom is 0.274 e. The highest BCUT2D eigenvalue weighted by Crippen LogP contribution is 2.27. The Labute approximate surface area is 138 Å². The highest BCUT2D eigenvalue weighted by molar-refractivity contribution is 6.36.